The number of benzene rings is 2. The number of hydrogen-bond donors (Lipinski definition) is 2. The Kier molecular flexibility index (Phi) is 7.37. The van der Waals surface area contributed by atoms with Crippen molar-refractivity contribution in [3.63, 3.8) is 0 Å². The van der Waals surface area contributed by atoms with Crippen LogP contribution in [0.25, 0.3) is 12.2 Å². The number of hydrogen-bond acceptors (Lipinski definition) is 2. The number of carbonyl (C=O) groups is 2. The van der Waals surface area contributed by atoms with Crippen LogP contribution in [0.4, 0.5) is 0 Å². The Morgan fingerprint density at radius 1 is 0.885 bits per heavy atom. The van der Waals surface area contributed by atoms with Gasteiger partial charge in [0, 0.05) is 24.2 Å². The summed E-state index contributed by atoms with van der Waals surface area (Å²) < 4.78 is 0. The summed E-state index contributed by atoms with van der Waals surface area (Å²) in [5, 5.41) is 5.58. The Morgan fingerprint density at radius 2 is 1.46 bits per heavy atom. The lowest BCUT2D eigenvalue weighted by molar-refractivity contribution is -0.117. The molecule has 0 aliphatic heterocycles. The van der Waals surface area contributed by atoms with Crippen LogP contribution in [0.5, 0.6) is 0 Å². The van der Waals surface area contributed by atoms with Crippen LogP contribution in [0.15, 0.2) is 66.7 Å². The monoisotopic (exact) mass is 348 g/mol. The van der Waals surface area contributed by atoms with E-state index in [0.717, 1.165) is 11.1 Å². The van der Waals surface area contributed by atoms with Crippen molar-refractivity contribution >= 4 is 24.0 Å². The fraction of sp³-hybridized carbons (Fsp3) is 0.182. The molecule has 0 heterocycles. The first kappa shape index (κ1) is 19.2. The standard InChI is InChI=1S/C22H24N2O2/c1-17(2)21(25)23-15-6-16-24-22(26)20-13-11-19(12-14-20)10-9-18-7-4-3-5-8-18/h3-5,7-14H,1,6,15-16H2,2H3,(H,23,25)(H,24,26). The summed E-state index contributed by atoms with van der Waals surface area (Å²) in [6, 6.07) is 17.5. The molecule has 0 aliphatic carbocycles. The van der Waals surface area contributed by atoms with E-state index in [1.54, 1.807) is 6.92 Å². The quantitative estimate of drug-likeness (QED) is 0.434. The largest absolute Gasteiger partial charge is 0.352 e. The maximum Gasteiger partial charge on any atom is 0.251 e. The van der Waals surface area contributed by atoms with Crippen LogP contribution >= 0.6 is 0 Å². The van der Waals surface area contributed by atoms with E-state index in [0.29, 0.717) is 30.6 Å². The molecule has 2 aromatic rings. The molecule has 0 radical (unpaired) electrons. The summed E-state index contributed by atoms with van der Waals surface area (Å²) in [6.45, 7) is 6.25. The number of amides is 2. The molecule has 0 aliphatic rings. The Bertz CT molecular complexity index is 778. The fourth-order valence-corrected chi connectivity index (χ4v) is 2.25. The minimum atomic E-state index is -0.157. The van der Waals surface area contributed by atoms with Gasteiger partial charge in [-0.2, -0.15) is 0 Å². The van der Waals surface area contributed by atoms with E-state index in [4.69, 9.17) is 0 Å². The van der Waals surface area contributed by atoms with Gasteiger partial charge in [-0.05, 0) is 36.6 Å². The van der Waals surface area contributed by atoms with Crippen LogP contribution in [0, 0.1) is 0 Å². The van der Waals surface area contributed by atoms with Crippen LogP contribution in [0.1, 0.15) is 34.8 Å². The van der Waals surface area contributed by atoms with Gasteiger partial charge in [0.2, 0.25) is 5.91 Å². The maximum atomic E-state index is 12.1. The van der Waals surface area contributed by atoms with Crippen molar-refractivity contribution in [3.8, 4) is 0 Å². The lowest BCUT2D eigenvalue weighted by Gasteiger charge is -2.07. The second-order valence-corrected chi connectivity index (χ2v) is 6.01. The minimum absolute atomic E-state index is 0.116. The molecule has 0 saturated heterocycles. The average molecular weight is 348 g/mol. The summed E-state index contributed by atoms with van der Waals surface area (Å²) in [6.07, 6.45) is 4.72. The highest BCUT2D eigenvalue weighted by Gasteiger charge is 2.04. The molecule has 2 N–H and O–H groups in total. The molecule has 0 atom stereocenters. The summed E-state index contributed by atoms with van der Waals surface area (Å²) >= 11 is 0. The van der Waals surface area contributed by atoms with Gasteiger partial charge in [0.25, 0.3) is 5.91 Å². The summed E-state index contributed by atoms with van der Waals surface area (Å²) in [5.41, 5.74) is 3.27. The van der Waals surface area contributed by atoms with Crippen molar-refractivity contribution < 1.29 is 9.59 Å². The predicted octanol–water partition coefficient (Wildman–Crippen LogP) is 3.67. The molecule has 0 aromatic heterocycles. The molecule has 0 unspecified atom stereocenters. The second-order valence-electron chi connectivity index (χ2n) is 6.01. The first-order chi connectivity index (χ1) is 12.6. The maximum absolute atomic E-state index is 12.1. The highest BCUT2D eigenvalue weighted by molar-refractivity contribution is 5.94. The molecule has 4 nitrogen and oxygen atoms in total. The van der Waals surface area contributed by atoms with Gasteiger partial charge in [0.05, 0.1) is 0 Å². The summed E-state index contributed by atoms with van der Waals surface area (Å²) in [7, 11) is 0. The van der Waals surface area contributed by atoms with E-state index < -0.39 is 0 Å². The molecule has 26 heavy (non-hydrogen) atoms. The van der Waals surface area contributed by atoms with E-state index in [2.05, 4.69) is 17.2 Å². The molecule has 2 aromatic carbocycles. The number of nitrogens with one attached hydrogen (secondary N) is 2. The van der Waals surface area contributed by atoms with Crippen LogP contribution in [-0.2, 0) is 4.79 Å². The van der Waals surface area contributed by atoms with Gasteiger partial charge in [-0.25, -0.2) is 0 Å². The molecule has 4 heteroatoms. The van der Waals surface area contributed by atoms with Crippen LogP contribution in [0.2, 0.25) is 0 Å². The third-order valence-electron chi connectivity index (χ3n) is 3.75. The van der Waals surface area contributed by atoms with E-state index in [9.17, 15) is 9.59 Å². The molecule has 0 saturated carbocycles. The molecular formula is C22H24N2O2. The third-order valence-corrected chi connectivity index (χ3v) is 3.75. The van der Waals surface area contributed by atoms with Gasteiger partial charge < -0.3 is 10.6 Å². The first-order valence-electron chi connectivity index (χ1n) is 8.61. The van der Waals surface area contributed by atoms with E-state index in [-0.39, 0.29) is 11.8 Å². The van der Waals surface area contributed by atoms with Crippen LogP contribution in [-0.4, -0.2) is 24.9 Å². The highest BCUT2D eigenvalue weighted by atomic mass is 16.2. The van der Waals surface area contributed by atoms with Crippen LogP contribution in [0.3, 0.4) is 0 Å². The van der Waals surface area contributed by atoms with Crippen molar-refractivity contribution in [3.05, 3.63) is 83.4 Å². The predicted molar refractivity (Wildman–Crippen MR) is 107 cm³/mol. The van der Waals surface area contributed by atoms with E-state index in [1.165, 1.54) is 0 Å². The van der Waals surface area contributed by atoms with Gasteiger partial charge in [-0.15, -0.1) is 0 Å². The molecule has 2 amide bonds. The Balaban J connectivity index is 1.77. The van der Waals surface area contributed by atoms with Gasteiger partial charge in [0.1, 0.15) is 0 Å². The van der Waals surface area contributed by atoms with Crippen molar-refractivity contribution in [1.29, 1.82) is 0 Å². The van der Waals surface area contributed by atoms with Crippen LogP contribution < -0.4 is 10.6 Å². The first-order valence-corrected chi connectivity index (χ1v) is 8.61. The average Bonchev–Trinajstić information content (AvgIpc) is 2.67. The van der Waals surface area contributed by atoms with Crippen molar-refractivity contribution in [2.24, 2.45) is 0 Å². The Hall–Kier alpha value is -3.14. The number of rotatable bonds is 8. The molecule has 134 valence electrons. The smallest absolute Gasteiger partial charge is 0.251 e. The van der Waals surface area contributed by atoms with Crippen molar-refractivity contribution in [2.75, 3.05) is 13.1 Å². The summed E-state index contributed by atoms with van der Waals surface area (Å²) in [4.78, 5) is 23.4. The zero-order chi connectivity index (χ0) is 18.8. The molecular weight excluding hydrogens is 324 g/mol. The lowest BCUT2D eigenvalue weighted by Crippen LogP contribution is -2.30. The van der Waals surface area contributed by atoms with E-state index >= 15 is 0 Å². The van der Waals surface area contributed by atoms with Gasteiger partial charge in [0.15, 0.2) is 0 Å². The van der Waals surface area contributed by atoms with Gasteiger partial charge in [-0.1, -0.05) is 61.2 Å². The summed E-state index contributed by atoms with van der Waals surface area (Å²) in [5.74, 6) is -0.273. The van der Waals surface area contributed by atoms with Crippen molar-refractivity contribution in [1.82, 2.24) is 10.6 Å². The third kappa shape index (κ3) is 6.40. The zero-order valence-corrected chi connectivity index (χ0v) is 15.0. The normalized spacial score (nSPS) is 10.5. The lowest BCUT2D eigenvalue weighted by atomic mass is 10.1. The number of carbonyl (C=O) groups excluding carboxylic acids is 2. The molecule has 0 spiro atoms. The highest BCUT2D eigenvalue weighted by Crippen LogP contribution is 2.09. The fourth-order valence-electron chi connectivity index (χ4n) is 2.25. The van der Waals surface area contributed by atoms with E-state index in [1.807, 2.05) is 66.7 Å². The topological polar surface area (TPSA) is 58.2 Å². The zero-order valence-electron chi connectivity index (χ0n) is 15.0. The van der Waals surface area contributed by atoms with Gasteiger partial charge >= 0.3 is 0 Å². The SMILES string of the molecule is C=C(C)C(=O)NCCCNC(=O)c1ccc(C=Cc2ccccc2)cc1. The minimum Gasteiger partial charge on any atom is -0.352 e. The second kappa shape index (κ2) is 9.99. The molecule has 2 rings (SSSR count). The molecule has 0 bridgehead atoms. The Labute approximate surface area is 154 Å². The van der Waals surface area contributed by atoms with Gasteiger partial charge in [-0.3, -0.25) is 9.59 Å². The van der Waals surface area contributed by atoms with Crippen molar-refractivity contribution in [2.45, 2.75) is 13.3 Å². The molecule has 0 fully saturated rings. The Morgan fingerprint density at radius 3 is 2.08 bits per heavy atom.